The summed E-state index contributed by atoms with van der Waals surface area (Å²) in [6.07, 6.45) is 32.3. The van der Waals surface area contributed by atoms with Crippen molar-refractivity contribution in [1.29, 1.82) is 0 Å². The topological polar surface area (TPSA) is 78.9 Å². The molecule has 12 aliphatic carbocycles. The normalized spacial score (nSPS) is 49.3. The second kappa shape index (κ2) is 16.5. The molecule has 0 bridgehead atoms. The summed E-state index contributed by atoms with van der Waals surface area (Å²) in [5, 5.41) is 1.17. The molecule has 70 heavy (non-hydrogen) atoms. The van der Waals surface area contributed by atoms with E-state index in [1.54, 1.807) is 0 Å². The zero-order chi connectivity index (χ0) is 48.2. The lowest BCUT2D eigenvalue weighted by atomic mass is 9.47. The van der Waals surface area contributed by atoms with Gasteiger partial charge in [0.15, 0.2) is 17.3 Å². The number of allylic oxidation sites excluding steroid dienone is 3. The summed E-state index contributed by atoms with van der Waals surface area (Å²) < 4.78 is 25.0. The molecule has 0 aromatic heterocycles. The predicted molar refractivity (Wildman–Crippen MR) is 277 cm³/mol. The molecule has 0 aliphatic heterocycles. The molecule has 0 saturated heterocycles. The predicted octanol–water partition coefficient (Wildman–Crippen LogP) is 13.6. The van der Waals surface area contributed by atoms with E-state index < -0.39 is 8.80 Å². The fraction of sp³-hybridized carbons (Fsp3) is 0.762. The Hall–Kier alpha value is -2.45. The Labute approximate surface area is 422 Å². The third-order valence-corrected chi connectivity index (χ3v) is 28.5. The third kappa shape index (κ3) is 6.79. The van der Waals surface area contributed by atoms with Crippen LogP contribution in [0, 0.1) is 85.8 Å². The van der Waals surface area contributed by atoms with Gasteiger partial charge in [0.2, 0.25) is 0 Å². The van der Waals surface area contributed by atoms with E-state index in [-0.39, 0.29) is 50.8 Å². The average molecular weight is 967 g/mol. The number of rotatable bonds is 7. The molecule has 0 heterocycles. The SMILES string of the molecule is C[C@]12CC[C@@H]3[C@H](CCC4=CC(=O)CC[C@@]43C)[C@H]1CC[C@H]2O[Si](O[C@@H]1CC[C@@H]2[C@@H]3CCC4=CC(=O)CC[C@]4(C)[C@@H]3CC[C@@]21C)(O[C@@H]1CC[C@@H]2[C@@H]3CCC4=CC(=O)CC[C@@]4(C)[C@@H]3CC[C@@]21C)c1ccccc1. The Balaban J connectivity index is 0.851. The zero-order valence-electron chi connectivity index (χ0n) is 44.0. The van der Waals surface area contributed by atoms with Gasteiger partial charge in [0.1, 0.15) is 0 Å². The van der Waals surface area contributed by atoms with Crippen LogP contribution in [0.1, 0.15) is 196 Å². The van der Waals surface area contributed by atoms with Crippen LogP contribution in [0.2, 0.25) is 0 Å². The van der Waals surface area contributed by atoms with Gasteiger partial charge in [-0.25, -0.2) is 0 Å². The summed E-state index contributed by atoms with van der Waals surface area (Å²) in [6, 6.07) is 11.3. The van der Waals surface area contributed by atoms with Crippen molar-refractivity contribution >= 4 is 31.3 Å². The van der Waals surface area contributed by atoms with Gasteiger partial charge in [-0.3, -0.25) is 14.4 Å². The highest BCUT2D eigenvalue weighted by Crippen LogP contribution is 2.70. The highest BCUT2D eigenvalue weighted by atomic mass is 28.4. The van der Waals surface area contributed by atoms with Gasteiger partial charge in [-0.15, -0.1) is 0 Å². The van der Waals surface area contributed by atoms with E-state index >= 15 is 0 Å². The smallest absolute Gasteiger partial charge is 0.366 e. The lowest BCUT2D eigenvalue weighted by molar-refractivity contribution is -0.127. The maximum absolute atomic E-state index is 12.7. The van der Waals surface area contributed by atoms with Crippen LogP contribution in [0.4, 0.5) is 0 Å². The first-order valence-electron chi connectivity index (χ1n) is 29.3. The molecule has 0 spiro atoms. The molecule has 0 amide bonds. The Morgan fingerprint density at radius 3 is 1.04 bits per heavy atom. The first-order valence-corrected chi connectivity index (χ1v) is 31.0. The Morgan fingerprint density at radius 2 is 0.714 bits per heavy atom. The number of benzene rings is 1. The first kappa shape index (κ1) is 47.3. The Kier molecular flexibility index (Phi) is 11.2. The molecule has 378 valence electrons. The summed E-state index contributed by atoms with van der Waals surface area (Å²) in [6.45, 7) is 15.4. The Morgan fingerprint density at radius 1 is 0.386 bits per heavy atom. The molecular weight excluding hydrogens is 881 g/mol. The molecule has 0 N–H and O–H groups in total. The molecule has 0 radical (unpaired) electrons. The number of hydrogen-bond donors (Lipinski definition) is 0. The van der Waals surface area contributed by atoms with Gasteiger partial charge < -0.3 is 13.3 Å². The largest absolute Gasteiger partial charge is 0.537 e. The van der Waals surface area contributed by atoms with E-state index in [0.29, 0.717) is 89.9 Å². The molecule has 19 atom stereocenters. The van der Waals surface area contributed by atoms with Gasteiger partial charge in [-0.1, -0.05) is 88.6 Å². The molecule has 1 unspecified atom stereocenters. The lowest BCUT2D eigenvalue weighted by Gasteiger charge is -2.59. The van der Waals surface area contributed by atoms with Crippen LogP contribution in [0.5, 0.6) is 0 Å². The minimum absolute atomic E-state index is 0.0393. The number of carbonyl (C=O) groups excluding carboxylic acids is 3. The van der Waals surface area contributed by atoms with E-state index in [1.165, 1.54) is 99.0 Å². The maximum atomic E-state index is 12.7. The van der Waals surface area contributed by atoms with Crippen LogP contribution in [-0.4, -0.2) is 44.5 Å². The first-order chi connectivity index (χ1) is 33.5. The molecule has 9 fully saturated rings. The van der Waals surface area contributed by atoms with Crippen molar-refractivity contribution in [2.75, 3.05) is 0 Å². The van der Waals surface area contributed by atoms with Crippen LogP contribution >= 0.6 is 0 Å². The standard InChI is InChI=1S/C63H86O6Si/c1-58-30-24-42(64)36-39(58)12-15-46-49-18-21-55(61(49,4)33-27-52(46)58)67-70(45-10-8-7-9-11-45,68-56-22-19-50-47-16-13-40-37-43(65)25-31-59(40,2)53(47)28-34-62(50,56)5)69-57-23-20-51-48-17-14-41-38-44(66)26-32-60(41,3)54(48)29-35-63(51,57)6/h7-11,36-38,46-57H,12-35H2,1-6H3/t46-,47-,48+,49+,50+,51+,52+,53+,54+,55+,56+,57+,58-,59+,60-,61-,62-,63-,70?/m0/s1. The highest BCUT2D eigenvalue weighted by Gasteiger charge is 2.67. The number of hydrogen-bond acceptors (Lipinski definition) is 6. The van der Waals surface area contributed by atoms with E-state index in [9.17, 15) is 14.4 Å². The van der Waals surface area contributed by atoms with E-state index in [0.717, 1.165) is 57.8 Å². The Bertz CT molecular complexity index is 2190. The maximum Gasteiger partial charge on any atom is 0.537 e. The quantitative estimate of drug-likeness (QED) is 0.253. The molecule has 13 rings (SSSR count). The summed E-state index contributed by atoms with van der Waals surface area (Å²) in [5.74, 6) is 6.75. The highest BCUT2D eigenvalue weighted by molar-refractivity contribution is 6.75. The van der Waals surface area contributed by atoms with Crippen LogP contribution in [0.3, 0.4) is 0 Å². The van der Waals surface area contributed by atoms with Crippen molar-refractivity contribution in [2.45, 2.75) is 214 Å². The molecule has 12 aliphatic rings. The van der Waals surface area contributed by atoms with Gasteiger partial charge in [0.05, 0.1) is 18.3 Å². The summed E-state index contributed by atoms with van der Waals surface area (Å²) in [7, 11) is -3.66. The van der Waals surface area contributed by atoms with Crippen LogP contribution < -0.4 is 5.19 Å². The molecular formula is C63H86O6Si. The number of fused-ring (bicyclic) bond motifs is 15. The number of carbonyl (C=O) groups is 3. The molecule has 7 heteroatoms. The van der Waals surface area contributed by atoms with Crippen LogP contribution in [-0.2, 0) is 27.7 Å². The molecule has 1 aromatic rings. The van der Waals surface area contributed by atoms with Crippen molar-refractivity contribution in [3.05, 3.63) is 65.3 Å². The number of ketones is 3. The van der Waals surface area contributed by atoms with Gasteiger partial charge in [-0.2, -0.15) is 0 Å². The van der Waals surface area contributed by atoms with E-state index in [2.05, 4.69) is 90.1 Å². The fourth-order valence-electron chi connectivity index (χ4n) is 21.6. The summed E-state index contributed by atoms with van der Waals surface area (Å²) in [4.78, 5) is 38.2. The third-order valence-electron chi connectivity index (χ3n) is 25.6. The van der Waals surface area contributed by atoms with Crippen molar-refractivity contribution in [1.82, 2.24) is 0 Å². The molecule has 6 nitrogen and oxygen atoms in total. The minimum Gasteiger partial charge on any atom is -0.366 e. The van der Waals surface area contributed by atoms with Crippen LogP contribution in [0.25, 0.3) is 0 Å². The fourth-order valence-corrected chi connectivity index (χ4v) is 25.1. The van der Waals surface area contributed by atoms with Gasteiger partial charge in [-0.05, 0) is 239 Å². The summed E-state index contributed by atoms with van der Waals surface area (Å²) >= 11 is 0. The van der Waals surface area contributed by atoms with Gasteiger partial charge in [0.25, 0.3) is 0 Å². The molecule has 9 saturated carbocycles. The lowest BCUT2D eigenvalue weighted by Crippen LogP contribution is -2.65. The van der Waals surface area contributed by atoms with E-state index in [1.807, 2.05) is 0 Å². The van der Waals surface area contributed by atoms with Crippen molar-refractivity contribution in [3.63, 3.8) is 0 Å². The van der Waals surface area contributed by atoms with E-state index in [4.69, 9.17) is 13.3 Å². The minimum atomic E-state index is -3.66. The average Bonchev–Trinajstić information content (AvgIpc) is 3.98. The van der Waals surface area contributed by atoms with Gasteiger partial charge >= 0.3 is 8.80 Å². The van der Waals surface area contributed by atoms with Crippen molar-refractivity contribution in [3.8, 4) is 0 Å². The van der Waals surface area contributed by atoms with Gasteiger partial charge in [0, 0.05) is 24.4 Å². The second-order valence-corrected chi connectivity index (χ2v) is 30.4. The molecule has 1 aromatic carbocycles. The van der Waals surface area contributed by atoms with Crippen molar-refractivity contribution < 1.29 is 27.7 Å². The second-order valence-electron chi connectivity index (χ2n) is 28.0. The summed E-state index contributed by atoms with van der Waals surface area (Å²) in [5.41, 5.74) is 4.92. The van der Waals surface area contributed by atoms with Crippen LogP contribution in [0.15, 0.2) is 65.3 Å². The zero-order valence-corrected chi connectivity index (χ0v) is 45.0. The van der Waals surface area contributed by atoms with Crippen molar-refractivity contribution in [2.24, 2.45) is 85.8 Å². The monoisotopic (exact) mass is 967 g/mol.